The van der Waals surface area contributed by atoms with Crippen molar-refractivity contribution in [3.63, 3.8) is 0 Å². The Morgan fingerprint density at radius 1 is 1.41 bits per heavy atom. The van der Waals surface area contributed by atoms with E-state index in [9.17, 15) is 23.1 Å². The standard InChI is InChI=1S/C9H9F3N2O3/c10-9(11,12)4-1-2-5(14-3-4)7(15)6(13)8(16)17/h1-3,6-7,15H,13H2,(H,16,17). The van der Waals surface area contributed by atoms with Crippen LogP contribution in [-0.2, 0) is 11.0 Å². The molecule has 2 unspecified atom stereocenters. The van der Waals surface area contributed by atoms with Gasteiger partial charge in [0, 0.05) is 6.20 Å². The van der Waals surface area contributed by atoms with Gasteiger partial charge in [0.15, 0.2) is 0 Å². The van der Waals surface area contributed by atoms with Crippen LogP contribution in [0.1, 0.15) is 17.4 Å². The van der Waals surface area contributed by atoms with Crippen molar-refractivity contribution in [1.82, 2.24) is 4.98 Å². The van der Waals surface area contributed by atoms with E-state index in [0.717, 1.165) is 6.07 Å². The number of rotatable bonds is 3. The van der Waals surface area contributed by atoms with E-state index in [0.29, 0.717) is 12.3 Å². The van der Waals surface area contributed by atoms with Crippen LogP contribution >= 0.6 is 0 Å². The number of nitrogens with two attached hydrogens (primary N) is 1. The normalized spacial score (nSPS) is 15.4. The Kier molecular flexibility index (Phi) is 3.69. The first kappa shape index (κ1) is 13.4. The molecule has 0 radical (unpaired) electrons. The van der Waals surface area contributed by atoms with Crippen LogP contribution < -0.4 is 5.73 Å². The van der Waals surface area contributed by atoms with Crippen LogP contribution in [0.4, 0.5) is 13.2 Å². The van der Waals surface area contributed by atoms with E-state index in [-0.39, 0.29) is 5.69 Å². The zero-order valence-electron chi connectivity index (χ0n) is 8.35. The van der Waals surface area contributed by atoms with Crippen LogP contribution in [0.5, 0.6) is 0 Å². The van der Waals surface area contributed by atoms with Gasteiger partial charge in [0.1, 0.15) is 12.1 Å². The van der Waals surface area contributed by atoms with Gasteiger partial charge in [0.25, 0.3) is 0 Å². The summed E-state index contributed by atoms with van der Waals surface area (Å²) >= 11 is 0. The minimum atomic E-state index is -4.54. The summed E-state index contributed by atoms with van der Waals surface area (Å²) in [5.74, 6) is -1.47. The largest absolute Gasteiger partial charge is 0.480 e. The van der Waals surface area contributed by atoms with Gasteiger partial charge < -0.3 is 15.9 Å². The zero-order chi connectivity index (χ0) is 13.2. The summed E-state index contributed by atoms with van der Waals surface area (Å²) in [7, 11) is 0. The van der Waals surface area contributed by atoms with Gasteiger partial charge >= 0.3 is 12.1 Å². The number of aromatic nitrogens is 1. The van der Waals surface area contributed by atoms with Crippen molar-refractivity contribution in [1.29, 1.82) is 0 Å². The lowest BCUT2D eigenvalue weighted by molar-refractivity contribution is -0.141. The molecule has 1 rings (SSSR count). The fourth-order valence-corrected chi connectivity index (χ4v) is 1.07. The lowest BCUT2D eigenvalue weighted by Gasteiger charge is -2.14. The number of carbonyl (C=O) groups is 1. The van der Waals surface area contributed by atoms with Crippen LogP contribution in [0.2, 0.25) is 0 Å². The molecular formula is C9H9F3N2O3. The topological polar surface area (TPSA) is 96.4 Å². The van der Waals surface area contributed by atoms with E-state index in [1.807, 2.05) is 0 Å². The lowest BCUT2D eigenvalue weighted by Crippen LogP contribution is -2.36. The van der Waals surface area contributed by atoms with Gasteiger partial charge in [0.05, 0.1) is 11.3 Å². The van der Waals surface area contributed by atoms with Gasteiger partial charge in [-0.1, -0.05) is 0 Å². The molecule has 0 aromatic carbocycles. The average molecular weight is 250 g/mol. The Bertz CT molecular complexity index is 405. The number of carboxylic acid groups (broad SMARTS) is 1. The molecule has 5 nitrogen and oxygen atoms in total. The molecule has 0 aliphatic carbocycles. The highest BCUT2D eigenvalue weighted by Crippen LogP contribution is 2.29. The molecule has 0 bridgehead atoms. The predicted octanol–water partition coefficient (Wildman–Crippen LogP) is 0.546. The number of aliphatic hydroxyl groups is 1. The lowest BCUT2D eigenvalue weighted by atomic mass is 10.1. The smallest absolute Gasteiger partial charge is 0.417 e. The quantitative estimate of drug-likeness (QED) is 0.727. The third kappa shape index (κ3) is 3.14. The summed E-state index contributed by atoms with van der Waals surface area (Å²) in [4.78, 5) is 13.8. The summed E-state index contributed by atoms with van der Waals surface area (Å²) < 4.78 is 36.6. The van der Waals surface area contributed by atoms with Crippen molar-refractivity contribution < 1.29 is 28.2 Å². The molecule has 0 aliphatic rings. The van der Waals surface area contributed by atoms with Crippen molar-refractivity contribution in [3.8, 4) is 0 Å². The summed E-state index contributed by atoms with van der Waals surface area (Å²) in [5.41, 5.74) is 3.89. The number of hydrogen-bond acceptors (Lipinski definition) is 4. The minimum absolute atomic E-state index is 0.229. The fraction of sp³-hybridized carbons (Fsp3) is 0.333. The first-order valence-electron chi connectivity index (χ1n) is 4.43. The van der Waals surface area contributed by atoms with Gasteiger partial charge in [0.2, 0.25) is 0 Å². The van der Waals surface area contributed by atoms with Crippen LogP contribution in [0, 0.1) is 0 Å². The van der Waals surface area contributed by atoms with Crippen molar-refractivity contribution in [2.75, 3.05) is 0 Å². The SMILES string of the molecule is NC(C(=O)O)C(O)c1ccc(C(F)(F)F)cn1. The monoisotopic (exact) mass is 250 g/mol. The molecule has 94 valence electrons. The molecule has 0 fully saturated rings. The number of alkyl halides is 3. The van der Waals surface area contributed by atoms with E-state index >= 15 is 0 Å². The second-order valence-electron chi connectivity index (χ2n) is 3.28. The Labute approximate surface area is 93.7 Å². The maximum Gasteiger partial charge on any atom is 0.417 e. The number of pyridine rings is 1. The first-order valence-corrected chi connectivity index (χ1v) is 4.43. The summed E-state index contributed by atoms with van der Waals surface area (Å²) in [5, 5.41) is 17.9. The Hall–Kier alpha value is -1.67. The zero-order valence-corrected chi connectivity index (χ0v) is 8.35. The van der Waals surface area contributed by atoms with Crippen molar-refractivity contribution in [2.45, 2.75) is 18.3 Å². The Balaban J connectivity index is 2.92. The third-order valence-electron chi connectivity index (χ3n) is 2.04. The van der Waals surface area contributed by atoms with Gasteiger partial charge in [-0.25, -0.2) is 0 Å². The molecule has 0 spiro atoms. The number of halogens is 3. The highest BCUT2D eigenvalue weighted by molar-refractivity contribution is 5.74. The highest BCUT2D eigenvalue weighted by Gasteiger charge is 2.31. The van der Waals surface area contributed by atoms with E-state index < -0.39 is 29.9 Å². The highest BCUT2D eigenvalue weighted by atomic mass is 19.4. The molecule has 1 aromatic rings. The predicted molar refractivity (Wildman–Crippen MR) is 49.8 cm³/mol. The van der Waals surface area contributed by atoms with Crippen molar-refractivity contribution in [2.24, 2.45) is 5.73 Å². The summed E-state index contributed by atoms with van der Waals surface area (Å²) in [6, 6.07) is -0.0598. The molecule has 8 heteroatoms. The first-order chi connectivity index (χ1) is 7.73. The van der Waals surface area contributed by atoms with Crippen molar-refractivity contribution >= 4 is 5.97 Å². The number of aliphatic hydroxyl groups excluding tert-OH is 1. The average Bonchev–Trinajstić information content (AvgIpc) is 2.26. The summed E-state index contributed by atoms with van der Waals surface area (Å²) in [6.07, 6.45) is -5.69. The second-order valence-corrected chi connectivity index (χ2v) is 3.28. The molecule has 1 heterocycles. The fourth-order valence-electron chi connectivity index (χ4n) is 1.07. The second kappa shape index (κ2) is 4.68. The van der Waals surface area contributed by atoms with E-state index in [4.69, 9.17) is 10.8 Å². The number of aliphatic carboxylic acids is 1. The number of carboxylic acids is 1. The Morgan fingerprint density at radius 3 is 2.35 bits per heavy atom. The van der Waals surface area contributed by atoms with Gasteiger partial charge in [-0.2, -0.15) is 13.2 Å². The molecule has 0 amide bonds. The van der Waals surface area contributed by atoms with Crippen LogP contribution in [0.15, 0.2) is 18.3 Å². The minimum Gasteiger partial charge on any atom is -0.480 e. The summed E-state index contributed by atoms with van der Waals surface area (Å²) in [6.45, 7) is 0. The van der Waals surface area contributed by atoms with Crippen LogP contribution in [0.3, 0.4) is 0 Å². The molecule has 0 saturated carbocycles. The Morgan fingerprint density at radius 2 is 2.00 bits per heavy atom. The van der Waals surface area contributed by atoms with Crippen LogP contribution in [-0.4, -0.2) is 27.2 Å². The third-order valence-corrected chi connectivity index (χ3v) is 2.04. The molecule has 4 N–H and O–H groups in total. The molecule has 0 aliphatic heterocycles. The van der Waals surface area contributed by atoms with Gasteiger partial charge in [-0.3, -0.25) is 9.78 Å². The molecule has 1 aromatic heterocycles. The van der Waals surface area contributed by atoms with Crippen molar-refractivity contribution in [3.05, 3.63) is 29.6 Å². The van der Waals surface area contributed by atoms with Gasteiger partial charge in [-0.05, 0) is 12.1 Å². The maximum atomic E-state index is 12.2. The van der Waals surface area contributed by atoms with E-state index in [2.05, 4.69) is 4.98 Å². The van der Waals surface area contributed by atoms with E-state index in [1.54, 1.807) is 0 Å². The van der Waals surface area contributed by atoms with E-state index in [1.165, 1.54) is 0 Å². The molecule has 17 heavy (non-hydrogen) atoms. The molecular weight excluding hydrogens is 241 g/mol. The maximum absolute atomic E-state index is 12.2. The van der Waals surface area contributed by atoms with Gasteiger partial charge in [-0.15, -0.1) is 0 Å². The number of nitrogens with zero attached hydrogens (tertiary/aromatic N) is 1. The number of hydrogen-bond donors (Lipinski definition) is 3. The molecule has 2 atom stereocenters. The van der Waals surface area contributed by atoms with Crippen LogP contribution in [0.25, 0.3) is 0 Å². The molecule has 0 saturated heterocycles.